The normalized spacial score (nSPS) is 23.1. The number of thiophene rings is 1. The van der Waals surface area contributed by atoms with Gasteiger partial charge in [0, 0.05) is 12.6 Å². The summed E-state index contributed by atoms with van der Waals surface area (Å²) in [6, 6.07) is 0.415. The van der Waals surface area contributed by atoms with Crippen molar-refractivity contribution in [2.45, 2.75) is 45.6 Å². The van der Waals surface area contributed by atoms with Crippen molar-refractivity contribution >= 4 is 27.4 Å². The van der Waals surface area contributed by atoms with Gasteiger partial charge in [-0.05, 0) is 50.0 Å². The van der Waals surface area contributed by atoms with Crippen LogP contribution in [0.1, 0.15) is 37.1 Å². The molecule has 0 saturated heterocycles. The second kappa shape index (κ2) is 5.66. The third-order valence-corrected chi connectivity index (χ3v) is 5.10. The van der Waals surface area contributed by atoms with Crippen LogP contribution in [-0.4, -0.2) is 27.7 Å². The highest BCUT2D eigenvalue weighted by Crippen LogP contribution is 2.32. The molecule has 2 atom stereocenters. The zero-order valence-electron chi connectivity index (χ0n) is 12.0. The summed E-state index contributed by atoms with van der Waals surface area (Å²) in [6.45, 7) is 4.35. The third-order valence-electron chi connectivity index (χ3n) is 4.11. The molecule has 1 fully saturated rings. The first-order valence-electron chi connectivity index (χ1n) is 7.27. The van der Waals surface area contributed by atoms with Crippen molar-refractivity contribution in [3.63, 3.8) is 0 Å². The monoisotopic (exact) mass is 291 g/mol. The van der Waals surface area contributed by atoms with Crippen molar-refractivity contribution < 1.29 is 5.11 Å². The van der Waals surface area contributed by atoms with Crippen LogP contribution in [0.2, 0.25) is 0 Å². The minimum Gasteiger partial charge on any atom is -0.396 e. The van der Waals surface area contributed by atoms with Crippen LogP contribution < -0.4 is 5.32 Å². The number of aliphatic hydroxyl groups is 1. The van der Waals surface area contributed by atoms with Crippen LogP contribution in [0.5, 0.6) is 0 Å². The highest BCUT2D eigenvalue weighted by atomic mass is 32.1. The van der Waals surface area contributed by atoms with E-state index in [2.05, 4.69) is 27.6 Å². The molecule has 1 aliphatic carbocycles. The maximum atomic E-state index is 9.35. The molecule has 5 heteroatoms. The second-order valence-electron chi connectivity index (χ2n) is 5.77. The predicted octanol–water partition coefficient (Wildman–Crippen LogP) is 3.27. The molecule has 3 rings (SSSR count). The Balaban J connectivity index is 1.88. The van der Waals surface area contributed by atoms with Crippen LogP contribution in [0.3, 0.4) is 0 Å². The van der Waals surface area contributed by atoms with E-state index < -0.39 is 0 Å². The van der Waals surface area contributed by atoms with Crippen molar-refractivity contribution in [3.8, 4) is 0 Å². The van der Waals surface area contributed by atoms with Gasteiger partial charge in [0.15, 0.2) is 0 Å². The molecule has 1 saturated carbocycles. The van der Waals surface area contributed by atoms with Gasteiger partial charge >= 0.3 is 0 Å². The van der Waals surface area contributed by atoms with Gasteiger partial charge < -0.3 is 10.4 Å². The maximum absolute atomic E-state index is 9.35. The number of nitrogens with one attached hydrogen (secondary N) is 1. The van der Waals surface area contributed by atoms with E-state index >= 15 is 0 Å². The molecule has 2 aromatic heterocycles. The lowest BCUT2D eigenvalue weighted by Crippen LogP contribution is -2.29. The number of aromatic nitrogens is 2. The van der Waals surface area contributed by atoms with Crippen molar-refractivity contribution in [1.29, 1.82) is 0 Å². The summed E-state index contributed by atoms with van der Waals surface area (Å²) in [5, 5.41) is 16.2. The van der Waals surface area contributed by atoms with Crippen LogP contribution in [0, 0.1) is 19.8 Å². The number of nitrogens with zero attached hydrogens (tertiary/aromatic N) is 2. The molecule has 0 spiro atoms. The van der Waals surface area contributed by atoms with Gasteiger partial charge in [0.25, 0.3) is 0 Å². The summed E-state index contributed by atoms with van der Waals surface area (Å²) in [6.07, 6.45) is 4.51. The maximum Gasteiger partial charge on any atom is 0.138 e. The number of aliphatic hydroxyl groups excluding tert-OH is 1. The number of hydrogen-bond acceptors (Lipinski definition) is 5. The van der Waals surface area contributed by atoms with E-state index in [0.29, 0.717) is 18.6 Å². The first-order valence-corrected chi connectivity index (χ1v) is 8.15. The molecular formula is C15H21N3OS. The van der Waals surface area contributed by atoms with Gasteiger partial charge in [-0.3, -0.25) is 0 Å². The standard InChI is InChI=1S/C15H21N3OS/c1-9-8-20-15-13(9)14(16-10(2)17-15)18-12-5-3-4-11(6-12)7-19/h8,11-12,19H,3-7H2,1-2H3,(H,16,17,18). The summed E-state index contributed by atoms with van der Waals surface area (Å²) < 4.78 is 0. The van der Waals surface area contributed by atoms with Crippen LogP contribution in [0.4, 0.5) is 5.82 Å². The molecule has 2 heterocycles. The van der Waals surface area contributed by atoms with Gasteiger partial charge in [-0.1, -0.05) is 6.42 Å². The van der Waals surface area contributed by atoms with Gasteiger partial charge in [0.05, 0.1) is 5.39 Å². The molecule has 20 heavy (non-hydrogen) atoms. The summed E-state index contributed by atoms with van der Waals surface area (Å²) in [5.74, 6) is 2.22. The van der Waals surface area contributed by atoms with E-state index in [4.69, 9.17) is 0 Å². The first-order chi connectivity index (χ1) is 9.67. The molecule has 1 aliphatic rings. The van der Waals surface area contributed by atoms with Gasteiger partial charge in [-0.2, -0.15) is 0 Å². The van der Waals surface area contributed by atoms with Crippen LogP contribution in [0.25, 0.3) is 10.2 Å². The molecule has 0 radical (unpaired) electrons. The van der Waals surface area contributed by atoms with Crippen molar-refractivity contribution in [2.75, 3.05) is 11.9 Å². The average molecular weight is 291 g/mol. The Morgan fingerprint density at radius 2 is 2.20 bits per heavy atom. The Hall–Kier alpha value is -1.20. The summed E-state index contributed by atoms with van der Waals surface area (Å²) >= 11 is 1.68. The molecule has 4 nitrogen and oxygen atoms in total. The Labute approximate surface area is 123 Å². The Morgan fingerprint density at radius 1 is 1.35 bits per heavy atom. The summed E-state index contributed by atoms with van der Waals surface area (Å²) in [5.41, 5.74) is 1.24. The van der Waals surface area contributed by atoms with E-state index in [0.717, 1.165) is 41.1 Å². The smallest absolute Gasteiger partial charge is 0.138 e. The second-order valence-corrected chi connectivity index (χ2v) is 6.63. The molecule has 0 aliphatic heterocycles. The third kappa shape index (κ3) is 2.65. The molecule has 2 aromatic rings. The Morgan fingerprint density at radius 3 is 3.00 bits per heavy atom. The molecule has 0 aromatic carbocycles. The van der Waals surface area contributed by atoms with Gasteiger partial charge in [0.2, 0.25) is 0 Å². The quantitative estimate of drug-likeness (QED) is 0.911. The zero-order valence-corrected chi connectivity index (χ0v) is 12.8. The van der Waals surface area contributed by atoms with Crippen LogP contribution >= 0.6 is 11.3 Å². The fraction of sp³-hybridized carbons (Fsp3) is 0.600. The SMILES string of the molecule is Cc1nc(NC2CCCC(CO)C2)c2c(C)csc2n1. The lowest BCUT2D eigenvalue weighted by Gasteiger charge is -2.29. The number of hydrogen-bond donors (Lipinski definition) is 2. The van der Waals surface area contributed by atoms with Gasteiger partial charge in [0.1, 0.15) is 16.5 Å². The summed E-state index contributed by atoms with van der Waals surface area (Å²) in [7, 11) is 0. The van der Waals surface area contributed by atoms with E-state index in [9.17, 15) is 5.11 Å². The van der Waals surface area contributed by atoms with Crippen molar-refractivity contribution in [2.24, 2.45) is 5.92 Å². The Bertz CT molecular complexity index is 610. The minimum atomic E-state index is 0.299. The molecule has 0 amide bonds. The fourth-order valence-electron chi connectivity index (χ4n) is 3.08. The molecule has 108 valence electrons. The number of fused-ring (bicyclic) bond motifs is 1. The predicted molar refractivity (Wildman–Crippen MR) is 83.3 cm³/mol. The highest BCUT2D eigenvalue weighted by molar-refractivity contribution is 7.17. The van der Waals surface area contributed by atoms with E-state index in [-0.39, 0.29) is 0 Å². The number of rotatable bonds is 3. The van der Waals surface area contributed by atoms with E-state index in [1.165, 1.54) is 12.0 Å². The van der Waals surface area contributed by atoms with Crippen molar-refractivity contribution in [3.05, 3.63) is 16.8 Å². The largest absolute Gasteiger partial charge is 0.396 e. The lowest BCUT2D eigenvalue weighted by molar-refractivity contribution is 0.184. The summed E-state index contributed by atoms with van der Waals surface area (Å²) in [4.78, 5) is 10.2. The Kier molecular flexibility index (Phi) is 3.89. The van der Waals surface area contributed by atoms with E-state index in [1.807, 2.05) is 6.92 Å². The van der Waals surface area contributed by atoms with E-state index in [1.54, 1.807) is 11.3 Å². The van der Waals surface area contributed by atoms with Gasteiger partial charge in [-0.15, -0.1) is 11.3 Å². The molecule has 0 bridgehead atoms. The average Bonchev–Trinajstić information content (AvgIpc) is 2.80. The molecule has 2 N–H and O–H groups in total. The van der Waals surface area contributed by atoms with Gasteiger partial charge in [-0.25, -0.2) is 9.97 Å². The highest BCUT2D eigenvalue weighted by Gasteiger charge is 2.22. The minimum absolute atomic E-state index is 0.299. The first kappa shape index (κ1) is 13.8. The number of anilines is 1. The number of aryl methyl sites for hydroxylation is 2. The zero-order chi connectivity index (χ0) is 14.1. The molecule has 2 unspecified atom stereocenters. The fourth-order valence-corrected chi connectivity index (χ4v) is 4.04. The van der Waals surface area contributed by atoms with Crippen LogP contribution in [0.15, 0.2) is 5.38 Å². The topological polar surface area (TPSA) is 58.0 Å². The molecular weight excluding hydrogens is 270 g/mol. The van der Waals surface area contributed by atoms with Crippen LogP contribution in [-0.2, 0) is 0 Å². The van der Waals surface area contributed by atoms with Crippen molar-refractivity contribution in [1.82, 2.24) is 9.97 Å². The lowest BCUT2D eigenvalue weighted by atomic mass is 9.86.